The quantitative estimate of drug-likeness (QED) is 0.641. The van der Waals surface area contributed by atoms with E-state index in [1.807, 2.05) is 11.9 Å². The minimum absolute atomic E-state index is 0.532. The molecule has 3 nitrogen and oxygen atoms in total. The van der Waals surface area contributed by atoms with Crippen molar-refractivity contribution in [1.82, 2.24) is 9.62 Å². The van der Waals surface area contributed by atoms with Crippen LogP contribution in [0.4, 0.5) is 0 Å². The fourth-order valence-corrected chi connectivity index (χ4v) is 4.15. The maximum Gasteiger partial charge on any atom is 0.123 e. The predicted molar refractivity (Wildman–Crippen MR) is 89.8 cm³/mol. The minimum atomic E-state index is 0.532. The van der Waals surface area contributed by atoms with Crippen molar-refractivity contribution >= 4 is 11.9 Å². The van der Waals surface area contributed by atoms with E-state index in [4.69, 9.17) is 4.74 Å². The van der Waals surface area contributed by atoms with Crippen molar-refractivity contribution in [1.29, 1.82) is 0 Å². The third-order valence-electron chi connectivity index (χ3n) is 4.33. The van der Waals surface area contributed by atoms with Crippen molar-refractivity contribution in [3.05, 3.63) is 29.8 Å². The lowest BCUT2D eigenvalue weighted by molar-refractivity contribution is 0.227. The highest BCUT2D eigenvalue weighted by Gasteiger charge is 2.21. The van der Waals surface area contributed by atoms with Crippen molar-refractivity contribution in [3.8, 4) is 5.75 Å². The van der Waals surface area contributed by atoms with Crippen molar-refractivity contribution < 1.29 is 4.74 Å². The molecule has 1 saturated heterocycles. The highest BCUT2D eigenvalue weighted by molar-refractivity contribution is 7.97. The Kier molecular flexibility index (Phi) is 5.83. The van der Waals surface area contributed by atoms with Crippen LogP contribution in [-0.4, -0.2) is 37.7 Å². The summed E-state index contributed by atoms with van der Waals surface area (Å²) in [5, 5.41) is 0.532. The number of nitrogens with one attached hydrogen (secondary N) is 1. The SMILES string of the molecule is c1ccc2c(c1)OCCC2SNCCCN1CCCCC1. The molecule has 2 heterocycles. The van der Waals surface area contributed by atoms with Crippen molar-refractivity contribution in [2.45, 2.75) is 37.4 Å². The maximum absolute atomic E-state index is 5.71. The maximum atomic E-state index is 5.71. The Hall–Kier alpha value is -0.710. The molecule has 1 aromatic carbocycles. The van der Waals surface area contributed by atoms with E-state index in [2.05, 4.69) is 33.9 Å². The molecule has 1 fully saturated rings. The number of hydrogen-bond acceptors (Lipinski definition) is 4. The van der Waals surface area contributed by atoms with E-state index in [1.165, 1.54) is 50.9 Å². The average Bonchev–Trinajstić information content (AvgIpc) is 2.56. The van der Waals surface area contributed by atoms with Crippen LogP contribution in [0.1, 0.15) is 42.9 Å². The van der Waals surface area contributed by atoms with Crippen molar-refractivity contribution in [2.75, 3.05) is 32.8 Å². The van der Waals surface area contributed by atoms with E-state index in [1.54, 1.807) is 0 Å². The molecule has 1 unspecified atom stereocenters. The second kappa shape index (κ2) is 8.06. The standard InChI is InChI=1S/C17H26N2OS/c1-4-11-19(12-5-1)13-6-10-18-21-17-9-14-20-16-8-3-2-7-15(16)17/h2-3,7-8,17-18H,1,4-6,9-14H2. The molecule has 116 valence electrons. The average molecular weight is 306 g/mol. The fourth-order valence-electron chi connectivity index (χ4n) is 3.15. The van der Waals surface area contributed by atoms with Gasteiger partial charge < -0.3 is 9.64 Å². The van der Waals surface area contributed by atoms with Crippen LogP contribution in [0, 0.1) is 0 Å². The van der Waals surface area contributed by atoms with Crippen LogP contribution in [0.15, 0.2) is 24.3 Å². The van der Waals surface area contributed by atoms with Gasteiger partial charge in [-0.3, -0.25) is 4.72 Å². The van der Waals surface area contributed by atoms with Crippen LogP contribution in [0.2, 0.25) is 0 Å². The van der Waals surface area contributed by atoms with Crippen LogP contribution in [0.5, 0.6) is 5.75 Å². The molecule has 0 bridgehead atoms. The van der Waals surface area contributed by atoms with E-state index < -0.39 is 0 Å². The number of fused-ring (bicyclic) bond motifs is 1. The zero-order valence-electron chi connectivity index (χ0n) is 12.7. The number of benzene rings is 1. The van der Waals surface area contributed by atoms with E-state index in [0.717, 1.165) is 25.3 Å². The first-order valence-electron chi connectivity index (χ1n) is 8.26. The lowest BCUT2D eigenvalue weighted by Gasteiger charge is -2.27. The van der Waals surface area contributed by atoms with Gasteiger partial charge in [-0.25, -0.2) is 0 Å². The molecule has 0 radical (unpaired) electrons. The number of piperidine rings is 1. The number of likely N-dealkylation sites (tertiary alicyclic amines) is 1. The fraction of sp³-hybridized carbons (Fsp3) is 0.647. The number of ether oxygens (including phenoxy) is 1. The highest BCUT2D eigenvalue weighted by Crippen LogP contribution is 2.39. The zero-order valence-corrected chi connectivity index (χ0v) is 13.5. The van der Waals surface area contributed by atoms with Gasteiger partial charge in [0.05, 0.1) is 11.9 Å². The predicted octanol–water partition coefficient (Wildman–Crippen LogP) is 3.62. The highest BCUT2D eigenvalue weighted by atomic mass is 32.2. The van der Waals surface area contributed by atoms with Crippen LogP contribution in [-0.2, 0) is 0 Å². The molecule has 0 aromatic heterocycles. The summed E-state index contributed by atoms with van der Waals surface area (Å²) in [4.78, 5) is 2.61. The molecule has 4 heteroatoms. The van der Waals surface area contributed by atoms with Gasteiger partial charge >= 0.3 is 0 Å². The van der Waals surface area contributed by atoms with Gasteiger partial charge in [-0.05, 0) is 51.4 Å². The van der Waals surface area contributed by atoms with Crippen molar-refractivity contribution in [2.24, 2.45) is 0 Å². The Morgan fingerprint density at radius 3 is 2.95 bits per heavy atom. The molecule has 2 aliphatic rings. The number of hydrogen-bond donors (Lipinski definition) is 1. The molecule has 0 saturated carbocycles. The van der Waals surface area contributed by atoms with Gasteiger partial charge in [0, 0.05) is 12.1 Å². The van der Waals surface area contributed by atoms with Crippen LogP contribution < -0.4 is 9.46 Å². The number of para-hydroxylation sites is 1. The van der Waals surface area contributed by atoms with E-state index in [-0.39, 0.29) is 0 Å². The largest absolute Gasteiger partial charge is 0.493 e. The molecule has 3 rings (SSSR count). The van der Waals surface area contributed by atoms with Gasteiger partial charge in [0.1, 0.15) is 5.75 Å². The second-order valence-electron chi connectivity index (χ2n) is 5.93. The number of nitrogens with zero attached hydrogens (tertiary/aromatic N) is 1. The molecule has 0 aliphatic carbocycles. The Balaban J connectivity index is 1.36. The lowest BCUT2D eigenvalue weighted by atomic mass is 10.1. The Morgan fingerprint density at radius 2 is 2.05 bits per heavy atom. The van der Waals surface area contributed by atoms with Gasteiger partial charge in [0.2, 0.25) is 0 Å². The van der Waals surface area contributed by atoms with Crippen LogP contribution in [0.25, 0.3) is 0 Å². The van der Waals surface area contributed by atoms with Crippen molar-refractivity contribution in [3.63, 3.8) is 0 Å². The van der Waals surface area contributed by atoms with Crippen LogP contribution in [0.3, 0.4) is 0 Å². The van der Waals surface area contributed by atoms with E-state index in [9.17, 15) is 0 Å². The van der Waals surface area contributed by atoms with E-state index in [0.29, 0.717) is 5.25 Å². The molecular formula is C17H26N2OS. The first-order chi connectivity index (χ1) is 10.4. The van der Waals surface area contributed by atoms with Gasteiger partial charge in [-0.1, -0.05) is 36.6 Å². The normalized spacial score (nSPS) is 22.6. The van der Waals surface area contributed by atoms with Gasteiger partial charge in [0.15, 0.2) is 0 Å². The molecule has 1 N–H and O–H groups in total. The number of rotatable bonds is 6. The summed E-state index contributed by atoms with van der Waals surface area (Å²) in [5.41, 5.74) is 1.34. The molecule has 1 aromatic rings. The summed E-state index contributed by atoms with van der Waals surface area (Å²) in [6.07, 6.45) is 6.55. The summed E-state index contributed by atoms with van der Waals surface area (Å²) in [6, 6.07) is 8.44. The molecule has 0 spiro atoms. The summed E-state index contributed by atoms with van der Waals surface area (Å²) in [5.74, 6) is 1.07. The Morgan fingerprint density at radius 1 is 1.19 bits per heavy atom. The molecule has 1 atom stereocenters. The molecule has 21 heavy (non-hydrogen) atoms. The zero-order chi connectivity index (χ0) is 14.3. The van der Waals surface area contributed by atoms with Gasteiger partial charge in [-0.15, -0.1) is 0 Å². The molecular weight excluding hydrogens is 280 g/mol. The molecule has 2 aliphatic heterocycles. The monoisotopic (exact) mass is 306 g/mol. The third kappa shape index (κ3) is 4.38. The Labute approximate surface area is 132 Å². The van der Waals surface area contributed by atoms with Gasteiger partial charge in [0.25, 0.3) is 0 Å². The summed E-state index contributed by atoms with van der Waals surface area (Å²) in [6.45, 7) is 5.80. The smallest absolute Gasteiger partial charge is 0.123 e. The first-order valence-corrected chi connectivity index (χ1v) is 9.14. The second-order valence-corrected chi connectivity index (χ2v) is 7.03. The minimum Gasteiger partial charge on any atom is -0.493 e. The summed E-state index contributed by atoms with van der Waals surface area (Å²) in [7, 11) is 0. The lowest BCUT2D eigenvalue weighted by Crippen LogP contribution is -2.31. The Bertz CT molecular complexity index is 435. The first kappa shape index (κ1) is 15.2. The van der Waals surface area contributed by atoms with Gasteiger partial charge in [-0.2, -0.15) is 0 Å². The third-order valence-corrected chi connectivity index (χ3v) is 5.48. The summed E-state index contributed by atoms with van der Waals surface area (Å²) < 4.78 is 9.28. The molecule has 0 amide bonds. The van der Waals surface area contributed by atoms with Crippen LogP contribution >= 0.6 is 11.9 Å². The van der Waals surface area contributed by atoms with E-state index >= 15 is 0 Å². The summed E-state index contributed by atoms with van der Waals surface area (Å²) >= 11 is 1.88. The topological polar surface area (TPSA) is 24.5 Å².